The molecule has 118 valence electrons. The van der Waals surface area contributed by atoms with E-state index in [2.05, 4.69) is 28.2 Å². The predicted octanol–water partition coefficient (Wildman–Crippen LogP) is 2.33. The Bertz CT molecular complexity index is 803. The molecule has 4 rings (SSSR count). The van der Waals surface area contributed by atoms with Crippen LogP contribution < -0.4 is 10.5 Å². The van der Waals surface area contributed by atoms with Gasteiger partial charge in [-0.1, -0.05) is 18.2 Å². The molecule has 1 spiro atoms. The fourth-order valence-electron chi connectivity index (χ4n) is 3.72. The SMILES string of the molecule is COc1cnccc1-c1cccc2c1C[C@@]1(C2)N=C(N)O[C@@H]1C. The number of pyridine rings is 1. The van der Waals surface area contributed by atoms with Crippen molar-refractivity contribution in [3.05, 3.63) is 47.8 Å². The van der Waals surface area contributed by atoms with Gasteiger partial charge in [0.1, 0.15) is 17.4 Å². The minimum Gasteiger partial charge on any atom is -0.494 e. The number of ether oxygens (including phenoxy) is 2. The van der Waals surface area contributed by atoms with E-state index in [1.165, 1.54) is 16.7 Å². The summed E-state index contributed by atoms with van der Waals surface area (Å²) in [6.45, 7) is 2.04. The molecular weight excluding hydrogens is 290 g/mol. The van der Waals surface area contributed by atoms with E-state index in [0.29, 0.717) is 6.02 Å². The number of hydrogen-bond acceptors (Lipinski definition) is 5. The van der Waals surface area contributed by atoms with Crippen LogP contribution in [0.2, 0.25) is 0 Å². The van der Waals surface area contributed by atoms with Crippen molar-refractivity contribution < 1.29 is 9.47 Å². The zero-order valence-corrected chi connectivity index (χ0v) is 13.2. The molecular formula is C18H19N3O2. The fourth-order valence-corrected chi connectivity index (χ4v) is 3.72. The molecule has 1 aromatic carbocycles. The smallest absolute Gasteiger partial charge is 0.282 e. The monoisotopic (exact) mass is 309 g/mol. The number of amidine groups is 1. The molecule has 1 aromatic heterocycles. The summed E-state index contributed by atoms with van der Waals surface area (Å²) in [5, 5.41) is 0. The summed E-state index contributed by atoms with van der Waals surface area (Å²) in [6.07, 6.45) is 5.20. The zero-order chi connectivity index (χ0) is 16.0. The third-order valence-electron chi connectivity index (χ3n) is 4.93. The van der Waals surface area contributed by atoms with Crippen LogP contribution in [0.1, 0.15) is 18.1 Å². The molecule has 0 saturated carbocycles. The topological polar surface area (TPSA) is 69.7 Å². The Hall–Kier alpha value is -2.56. The van der Waals surface area contributed by atoms with Gasteiger partial charge in [-0.05, 0) is 29.7 Å². The fraction of sp³-hybridized carbons (Fsp3) is 0.333. The lowest BCUT2D eigenvalue weighted by atomic mass is 9.90. The lowest BCUT2D eigenvalue weighted by molar-refractivity contribution is 0.157. The van der Waals surface area contributed by atoms with Gasteiger partial charge >= 0.3 is 0 Å². The summed E-state index contributed by atoms with van der Waals surface area (Å²) >= 11 is 0. The largest absolute Gasteiger partial charge is 0.494 e. The highest BCUT2D eigenvalue weighted by molar-refractivity contribution is 5.77. The van der Waals surface area contributed by atoms with E-state index < -0.39 is 0 Å². The van der Waals surface area contributed by atoms with Crippen LogP contribution >= 0.6 is 0 Å². The number of hydrogen-bond donors (Lipinski definition) is 1. The molecule has 2 atom stereocenters. The van der Waals surface area contributed by atoms with E-state index in [-0.39, 0.29) is 11.6 Å². The molecule has 1 aliphatic heterocycles. The maximum Gasteiger partial charge on any atom is 0.282 e. The molecule has 2 aliphatic rings. The summed E-state index contributed by atoms with van der Waals surface area (Å²) in [6, 6.07) is 8.67. The number of aliphatic imine (C=N–C) groups is 1. The number of nitrogens with zero attached hydrogens (tertiary/aromatic N) is 2. The summed E-state index contributed by atoms with van der Waals surface area (Å²) in [7, 11) is 1.67. The van der Waals surface area contributed by atoms with Gasteiger partial charge in [0.25, 0.3) is 6.02 Å². The molecule has 0 unspecified atom stereocenters. The molecule has 1 aliphatic carbocycles. The molecule has 0 amide bonds. The number of fused-ring (bicyclic) bond motifs is 1. The van der Waals surface area contributed by atoms with Gasteiger partial charge in [-0.25, -0.2) is 4.99 Å². The van der Waals surface area contributed by atoms with E-state index in [0.717, 1.165) is 24.2 Å². The van der Waals surface area contributed by atoms with Crippen molar-refractivity contribution in [1.82, 2.24) is 4.98 Å². The second-order valence-electron chi connectivity index (χ2n) is 6.19. The van der Waals surface area contributed by atoms with Crippen molar-refractivity contribution in [2.45, 2.75) is 31.4 Å². The molecule has 5 heteroatoms. The second-order valence-corrected chi connectivity index (χ2v) is 6.19. The Balaban J connectivity index is 1.83. The van der Waals surface area contributed by atoms with E-state index in [4.69, 9.17) is 15.2 Å². The highest BCUT2D eigenvalue weighted by Crippen LogP contribution is 2.44. The molecule has 0 saturated heterocycles. The standard InChI is InChI=1S/C18H19N3O2/c1-11-18(21-17(19)23-11)8-12-4-3-5-13(15(12)9-18)14-6-7-20-10-16(14)22-2/h3-7,10-11H,8-9H2,1-2H3,(H2,19,21)/t11-,18-/m1/s1. The van der Waals surface area contributed by atoms with Crippen LogP contribution in [0.3, 0.4) is 0 Å². The quantitative estimate of drug-likeness (QED) is 0.924. The van der Waals surface area contributed by atoms with Crippen LogP contribution in [-0.4, -0.2) is 29.8 Å². The summed E-state index contributed by atoms with van der Waals surface area (Å²) in [5.74, 6) is 0.778. The van der Waals surface area contributed by atoms with E-state index >= 15 is 0 Å². The summed E-state index contributed by atoms with van der Waals surface area (Å²) in [4.78, 5) is 8.77. The Labute approximate surface area is 135 Å². The van der Waals surface area contributed by atoms with Gasteiger partial charge < -0.3 is 15.2 Å². The number of rotatable bonds is 2. The average molecular weight is 309 g/mol. The number of nitrogens with two attached hydrogens (primary N) is 1. The Morgan fingerprint density at radius 3 is 2.87 bits per heavy atom. The Morgan fingerprint density at radius 2 is 2.13 bits per heavy atom. The molecule has 5 nitrogen and oxygen atoms in total. The molecule has 2 N–H and O–H groups in total. The van der Waals surface area contributed by atoms with Gasteiger partial charge in [0.15, 0.2) is 0 Å². The van der Waals surface area contributed by atoms with Crippen molar-refractivity contribution in [3.8, 4) is 16.9 Å². The van der Waals surface area contributed by atoms with Crippen LogP contribution in [0.5, 0.6) is 5.75 Å². The highest BCUT2D eigenvalue weighted by atomic mass is 16.5. The molecule has 23 heavy (non-hydrogen) atoms. The Morgan fingerprint density at radius 1 is 1.26 bits per heavy atom. The zero-order valence-electron chi connectivity index (χ0n) is 13.2. The lowest BCUT2D eigenvalue weighted by Crippen LogP contribution is -2.36. The average Bonchev–Trinajstić information content (AvgIpc) is 3.06. The van der Waals surface area contributed by atoms with Crippen LogP contribution in [0.15, 0.2) is 41.7 Å². The van der Waals surface area contributed by atoms with Crippen LogP contribution in [0.25, 0.3) is 11.1 Å². The highest BCUT2D eigenvalue weighted by Gasteiger charge is 2.48. The van der Waals surface area contributed by atoms with Gasteiger partial charge in [0.05, 0.1) is 13.3 Å². The van der Waals surface area contributed by atoms with Crippen molar-refractivity contribution in [2.24, 2.45) is 10.7 Å². The molecule has 0 fully saturated rings. The summed E-state index contributed by atoms with van der Waals surface area (Å²) in [5.41, 5.74) is 10.4. The normalized spacial score (nSPS) is 25.1. The maximum absolute atomic E-state index is 5.81. The van der Waals surface area contributed by atoms with Gasteiger partial charge in [-0.15, -0.1) is 0 Å². The molecule has 0 radical (unpaired) electrons. The number of methoxy groups -OCH3 is 1. The first kappa shape index (κ1) is 14.1. The molecule has 2 heterocycles. The molecule has 0 bridgehead atoms. The third-order valence-corrected chi connectivity index (χ3v) is 4.93. The number of benzene rings is 1. The van der Waals surface area contributed by atoms with Crippen molar-refractivity contribution in [1.29, 1.82) is 0 Å². The first-order chi connectivity index (χ1) is 11.1. The first-order valence-corrected chi connectivity index (χ1v) is 7.74. The van der Waals surface area contributed by atoms with Gasteiger partial charge in [-0.2, -0.15) is 0 Å². The van der Waals surface area contributed by atoms with Crippen molar-refractivity contribution in [3.63, 3.8) is 0 Å². The Kier molecular flexibility index (Phi) is 3.04. The van der Waals surface area contributed by atoms with Crippen LogP contribution in [0.4, 0.5) is 0 Å². The van der Waals surface area contributed by atoms with Crippen molar-refractivity contribution >= 4 is 6.02 Å². The van der Waals surface area contributed by atoms with Gasteiger partial charge in [0, 0.05) is 24.6 Å². The third kappa shape index (κ3) is 2.07. The van der Waals surface area contributed by atoms with E-state index in [9.17, 15) is 0 Å². The maximum atomic E-state index is 5.81. The first-order valence-electron chi connectivity index (χ1n) is 7.74. The van der Waals surface area contributed by atoms with Gasteiger partial charge in [-0.3, -0.25) is 4.98 Å². The van der Waals surface area contributed by atoms with Gasteiger partial charge in [0.2, 0.25) is 0 Å². The van der Waals surface area contributed by atoms with E-state index in [1.807, 2.05) is 13.0 Å². The minimum absolute atomic E-state index is 0.0120. The minimum atomic E-state index is -0.275. The predicted molar refractivity (Wildman–Crippen MR) is 88.5 cm³/mol. The lowest BCUT2D eigenvalue weighted by Gasteiger charge is -2.23. The van der Waals surface area contributed by atoms with Crippen LogP contribution in [-0.2, 0) is 17.6 Å². The summed E-state index contributed by atoms with van der Waals surface area (Å²) < 4.78 is 11.1. The van der Waals surface area contributed by atoms with E-state index in [1.54, 1.807) is 19.5 Å². The molecule has 2 aromatic rings. The van der Waals surface area contributed by atoms with Crippen molar-refractivity contribution in [2.75, 3.05) is 7.11 Å². The van der Waals surface area contributed by atoms with Crippen LogP contribution in [0, 0.1) is 0 Å². The number of aromatic nitrogens is 1. The second kappa shape index (κ2) is 4.98.